The highest BCUT2D eigenvalue weighted by atomic mass is 19.1. The van der Waals surface area contributed by atoms with Crippen molar-refractivity contribution in [2.45, 2.75) is 13.0 Å². The molecule has 166 valence electrons. The van der Waals surface area contributed by atoms with Crippen LogP contribution in [0.25, 0.3) is 22.0 Å². The highest BCUT2D eigenvalue weighted by Crippen LogP contribution is 2.32. The number of halogens is 1. The Morgan fingerprint density at radius 1 is 0.909 bits per heavy atom. The van der Waals surface area contributed by atoms with Gasteiger partial charge in [0.25, 0.3) is 0 Å². The lowest BCUT2D eigenvalue weighted by atomic mass is 10.0. The molecule has 4 aromatic rings. The normalized spacial score (nSPS) is 16.1. The lowest BCUT2D eigenvalue weighted by Crippen LogP contribution is -2.55. The number of anilines is 2. The first kappa shape index (κ1) is 20.9. The van der Waals surface area contributed by atoms with Crippen molar-refractivity contribution in [3.05, 3.63) is 84.7 Å². The molecule has 0 spiro atoms. The fraction of sp³-hybridized carbons (Fsp3) is 0.192. The van der Waals surface area contributed by atoms with Crippen LogP contribution in [-0.2, 0) is 0 Å². The first-order chi connectivity index (χ1) is 16.1. The maximum Gasteiger partial charge on any atom is 0.321 e. The molecular formula is C26H24FN5O. The van der Waals surface area contributed by atoms with Crippen LogP contribution in [0.1, 0.15) is 6.92 Å². The van der Waals surface area contributed by atoms with Gasteiger partial charge in [-0.25, -0.2) is 9.18 Å². The van der Waals surface area contributed by atoms with Crippen molar-refractivity contribution in [3.63, 3.8) is 0 Å². The quantitative estimate of drug-likeness (QED) is 0.476. The molecule has 2 amide bonds. The summed E-state index contributed by atoms with van der Waals surface area (Å²) in [7, 11) is 0. The van der Waals surface area contributed by atoms with Gasteiger partial charge in [0, 0.05) is 47.7 Å². The van der Waals surface area contributed by atoms with Crippen LogP contribution in [0, 0.1) is 5.82 Å². The second-order valence-electron chi connectivity index (χ2n) is 8.21. The highest BCUT2D eigenvalue weighted by molar-refractivity contribution is 6.00. The van der Waals surface area contributed by atoms with Gasteiger partial charge >= 0.3 is 6.03 Å². The molecule has 1 fully saturated rings. The van der Waals surface area contributed by atoms with Crippen molar-refractivity contribution in [2.75, 3.05) is 29.9 Å². The number of rotatable bonds is 3. The Morgan fingerprint density at radius 2 is 1.61 bits per heavy atom. The second-order valence-corrected chi connectivity index (χ2v) is 8.21. The number of hydrogen-bond acceptors (Lipinski definition) is 4. The summed E-state index contributed by atoms with van der Waals surface area (Å²) in [6, 6.07) is 23.9. The molecule has 1 N–H and O–H groups in total. The Labute approximate surface area is 191 Å². The van der Waals surface area contributed by atoms with Crippen LogP contribution in [0.2, 0.25) is 0 Å². The van der Waals surface area contributed by atoms with Crippen LogP contribution in [0.4, 0.5) is 20.7 Å². The van der Waals surface area contributed by atoms with Crippen LogP contribution >= 0.6 is 0 Å². The summed E-state index contributed by atoms with van der Waals surface area (Å²) in [5.74, 6) is 0.498. The van der Waals surface area contributed by atoms with Gasteiger partial charge in [-0.15, -0.1) is 10.2 Å². The maximum absolute atomic E-state index is 13.1. The number of hydrogen-bond donors (Lipinski definition) is 1. The molecule has 5 rings (SSSR count). The third kappa shape index (κ3) is 4.22. The molecule has 1 aliphatic heterocycles. The SMILES string of the molecule is C[C@H]1CN(C(=O)Nc2ccc(F)cc2)CCN1c1nnc(-c2ccccc2)c2ccccc12. The topological polar surface area (TPSA) is 61.4 Å². The van der Waals surface area contributed by atoms with Crippen LogP contribution in [0.5, 0.6) is 0 Å². The molecule has 0 aliphatic carbocycles. The number of piperazine rings is 1. The first-order valence-corrected chi connectivity index (χ1v) is 11.0. The van der Waals surface area contributed by atoms with Crippen molar-refractivity contribution in [3.8, 4) is 11.3 Å². The Morgan fingerprint density at radius 3 is 2.33 bits per heavy atom. The van der Waals surface area contributed by atoms with E-state index in [0.717, 1.165) is 27.8 Å². The minimum Gasteiger partial charge on any atom is -0.348 e. The van der Waals surface area contributed by atoms with Gasteiger partial charge in [-0.3, -0.25) is 0 Å². The Kier molecular flexibility index (Phi) is 5.60. The van der Waals surface area contributed by atoms with Crippen molar-refractivity contribution in [1.82, 2.24) is 15.1 Å². The van der Waals surface area contributed by atoms with Gasteiger partial charge in [0.1, 0.15) is 11.5 Å². The molecule has 7 heteroatoms. The van der Waals surface area contributed by atoms with Crippen molar-refractivity contribution >= 4 is 28.3 Å². The molecule has 0 bridgehead atoms. The summed E-state index contributed by atoms with van der Waals surface area (Å²) < 4.78 is 13.1. The van der Waals surface area contributed by atoms with Gasteiger partial charge in [-0.1, -0.05) is 54.6 Å². The number of carbonyl (C=O) groups is 1. The summed E-state index contributed by atoms with van der Waals surface area (Å²) in [5, 5.41) is 14.2. The van der Waals surface area contributed by atoms with E-state index in [4.69, 9.17) is 0 Å². The van der Waals surface area contributed by atoms with Crippen molar-refractivity contribution < 1.29 is 9.18 Å². The summed E-state index contributed by atoms with van der Waals surface area (Å²) in [6.07, 6.45) is 0. The van der Waals surface area contributed by atoms with Crippen LogP contribution in [0.15, 0.2) is 78.9 Å². The average Bonchev–Trinajstić information content (AvgIpc) is 2.85. The summed E-state index contributed by atoms with van der Waals surface area (Å²) in [5.41, 5.74) is 2.47. The second kappa shape index (κ2) is 8.86. The number of nitrogens with zero attached hydrogens (tertiary/aromatic N) is 4. The predicted octanol–water partition coefficient (Wildman–Crippen LogP) is 5.18. The van der Waals surface area contributed by atoms with E-state index in [1.807, 2.05) is 42.5 Å². The summed E-state index contributed by atoms with van der Waals surface area (Å²) >= 11 is 0. The zero-order valence-corrected chi connectivity index (χ0v) is 18.3. The van der Waals surface area contributed by atoms with Gasteiger partial charge in [0.05, 0.1) is 0 Å². The van der Waals surface area contributed by atoms with Crippen molar-refractivity contribution in [1.29, 1.82) is 0 Å². The number of benzene rings is 3. The number of aromatic nitrogens is 2. The molecule has 3 aromatic carbocycles. The molecule has 1 aromatic heterocycles. The smallest absolute Gasteiger partial charge is 0.321 e. The number of urea groups is 1. The first-order valence-electron chi connectivity index (χ1n) is 11.0. The fourth-order valence-corrected chi connectivity index (χ4v) is 4.30. The monoisotopic (exact) mass is 441 g/mol. The largest absolute Gasteiger partial charge is 0.348 e. The van der Waals surface area contributed by atoms with Crippen LogP contribution < -0.4 is 10.2 Å². The summed E-state index contributed by atoms with van der Waals surface area (Å²) in [4.78, 5) is 16.7. The molecule has 1 atom stereocenters. The molecule has 33 heavy (non-hydrogen) atoms. The van der Waals surface area contributed by atoms with E-state index < -0.39 is 0 Å². The molecule has 2 heterocycles. The number of fused-ring (bicyclic) bond motifs is 1. The number of nitrogens with one attached hydrogen (secondary N) is 1. The minimum absolute atomic E-state index is 0.0537. The molecule has 1 saturated heterocycles. The standard InChI is InChI=1S/C26H24FN5O/c1-18-17-31(26(33)28-21-13-11-20(27)12-14-21)15-16-32(18)25-23-10-6-5-9-22(23)24(29-30-25)19-7-3-2-4-8-19/h2-14,18H,15-17H2,1H3,(H,28,33)/t18-/m0/s1. The number of amides is 2. The van der Waals surface area contributed by atoms with Crippen LogP contribution in [-0.4, -0.2) is 46.8 Å². The zero-order chi connectivity index (χ0) is 22.8. The van der Waals surface area contributed by atoms with Gasteiger partial charge in [0.15, 0.2) is 5.82 Å². The maximum atomic E-state index is 13.1. The third-order valence-electron chi connectivity index (χ3n) is 6.00. The van der Waals surface area contributed by atoms with E-state index in [9.17, 15) is 9.18 Å². The molecule has 0 radical (unpaired) electrons. The molecule has 0 saturated carbocycles. The van der Waals surface area contributed by atoms with E-state index in [1.165, 1.54) is 12.1 Å². The highest BCUT2D eigenvalue weighted by Gasteiger charge is 2.29. The molecule has 6 nitrogen and oxygen atoms in total. The van der Waals surface area contributed by atoms with Crippen molar-refractivity contribution in [2.24, 2.45) is 0 Å². The van der Waals surface area contributed by atoms with E-state index in [2.05, 4.69) is 39.5 Å². The lowest BCUT2D eigenvalue weighted by molar-refractivity contribution is 0.200. The fourth-order valence-electron chi connectivity index (χ4n) is 4.30. The van der Waals surface area contributed by atoms with E-state index >= 15 is 0 Å². The Hall–Kier alpha value is -4.00. The Balaban J connectivity index is 1.37. The molecule has 1 aliphatic rings. The van der Waals surface area contributed by atoms with Crippen LogP contribution in [0.3, 0.4) is 0 Å². The Bertz CT molecular complexity index is 1280. The van der Waals surface area contributed by atoms with E-state index in [-0.39, 0.29) is 17.9 Å². The van der Waals surface area contributed by atoms with Gasteiger partial charge in [-0.05, 0) is 31.2 Å². The van der Waals surface area contributed by atoms with Gasteiger partial charge < -0.3 is 15.1 Å². The van der Waals surface area contributed by atoms with E-state index in [1.54, 1.807) is 17.0 Å². The van der Waals surface area contributed by atoms with Gasteiger partial charge in [-0.2, -0.15) is 0 Å². The lowest BCUT2D eigenvalue weighted by Gasteiger charge is -2.40. The number of carbonyl (C=O) groups excluding carboxylic acids is 1. The van der Waals surface area contributed by atoms with Gasteiger partial charge in [0.2, 0.25) is 0 Å². The van der Waals surface area contributed by atoms with E-state index in [0.29, 0.717) is 25.3 Å². The minimum atomic E-state index is -0.332. The molecule has 0 unspecified atom stereocenters. The third-order valence-corrected chi connectivity index (χ3v) is 6.00. The zero-order valence-electron chi connectivity index (χ0n) is 18.3. The molecular weight excluding hydrogens is 417 g/mol. The summed E-state index contributed by atoms with van der Waals surface area (Å²) in [6.45, 7) is 3.82. The average molecular weight is 442 g/mol. The predicted molar refractivity (Wildman–Crippen MR) is 129 cm³/mol.